The third-order valence-corrected chi connectivity index (χ3v) is 7.92. The molecule has 0 aliphatic heterocycles. The molecule has 5 rings (SSSR count). The Labute approximate surface area is 283 Å². The second-order valence-corrected chi connectivity index (χ2v) is 12.8. The van der Waals surface area contributed by atoms with Gasteiger partial charge in [-0.25, -0.2) is 19.7 Å². The van der Waals surface area contributed by atoms with Crippen molar-refractivity contribution in [3.63, 3.8) is 0 Å². The number of aromatic nitrogens is 3. The van der Waals surface area contributed by atoms with Gasteiger partial charge in [0.1, 0.15) is 17.9 Å². The molecule has 11 heteroatoms. The summed E-state index contributed by atoms with van der Waals surface area (Å²) in [5, 5.41) is 9.98. The molecule has 3 amide bonds. The highest BCUT2D eigenvalue weighted by Gasteiger charge is 2.20. The van der Waals surface area contributed by atoms with E-state index < -0.39 is 0 Å². The van der Waals surface area contributed by atoms with Crippen LogP contribution in [0.5, 0.6) is 11.5 Å². The van der Waals surface area contributed by atoms with Crippen molar-refractivity contribution < 1.29 is 14.3 Å². The zero-order valence-corrected chi connectivity index (χ0v) is 28.8. The molecule has 0 unspecified atom stereocenters. The van der Waals surface area contributed by atoms with Crippen LogP contribution >= 0.6 is 15.9 Å². The van der Waals surface area contributed by atoms with Gasteiger partial charge < -0.3 is 25.6 Å². The number of carbonyl (C=O) groups excluding carboxylic acids is 2. The maximum absolute atomic E-state index is 13.3. The van der Waals surface area contributed by atoms with Crippen molar-refractivity contribution in [1.82, 2.24) is 19.9 Å². The van der Waals surface area contributed by atoms with Crippen LogP contribution in [0.2, 0.25) is 0 Å². The molecule has 0 spiro atoms. The highest BCUT2D eigenvalue weighted by Crippen LogP contribution is 2.35. The molecule has 0 radical (unpaired) electrons. The number of benzene rings is 3. The van der Waals surface area contributed by atoms with E-state index in [2.05, 4.69) is 55.7 Å². The highest BCUT2D eigenvalue weighted by atomic mass is 79.9. The first-order chi connectivity index (χ1) is 22.5. The molecule has 242 valence electrons. The van der Waals surface area contributed by atoms with Crippen LogP contribution in [0.1, 0.15) is 63.5 Å². The van der Waals surface area contributed by atoms with Crippen molar-refractivity contribution >= 4 is 61.8 Å². The van der Waals surface area contributed by atoms with Gasteiger partial charge in [0.25, 0.3) is 5.91 Å². The van der Waals surface area contributed by atoms with Gasteiger partial charge in [-0.1, -0.05) is 29.8 Å². The molecule has 0 atom stereocenters. The van der Waals surface area contributed by atoms with Crippen molar-refractivity contribution in [2.45, 2.75) is 59.5 Å². The Bertz CT molecular complexity index is 1870. The number of halogens is 1. The van der Waals surface area contributed by atoms with Gasteiger partial charge in [0.05, 0.1) is 11.1 Å². The Morgan fingerprint density at radius 2 is 1.45 bits per heavy atom. The molecule has 0 fully saturated rings. The summed E-state index contributed by atoms with van der Waals surface area (Å²) in [6.45, 7) is 12.1. The summed E-state index contributed by atoms with van der Waals surface area (Å²) in [5.41, 5.74) is 3.74. The summed E-state index contributed by atoms with van der Waals surface area (Å²) in [5.74, 6) is 1.49. The number of hydrogen-bond acceptors (Lipinski definition) is 7. The number of pyridine rings is 1. The Hall–Kier alpha value is -5.03. The monoisotopic (exact) mass is 695 g/mol. The molecule has 0 aliphatic rings. The molecular weight excluding hydrogens is 658 g/mol. The zero-order valence-electron chi connectivity index (χ0n) is 27.2. The van der Waals surface area contributed by atoms with Gasteiger partial charge in [-0.15, -0.1) is 0 Å². The first-order valence-electron chi connectivity index (χ1n) is 15.5. The molecule has 0 bridgehead atoms. The SMILES string of the molecule is CC(C)c1ccc2c(Nc3cc(C(=O)Nc4ccc(Br)cc4)ccc3Oc3ccc(NC(=O)N(C(C)C)C(C)C)cc3)ncnc2n1. The van der Waals surface area contributed by atoms with Crippen LogP contribution in [0.25, 0.3) is 11.0 Å². The van der Waals surface area contributed by atoms with Crippen molar-refractivity contribution in [2.24, 2.45) is 0 Å². The summed E-state index contributed by atoms with van der Waals surface area (Å²) < 4.78 is 7.23. The molecule has 5 aromatic rings. The van der Waals surface area contributed by atoms with Crippen LogP contribution in [-0.4, -0.2) is 43.9 Å². The Balaban J connectivity index is 1.44. The van der Waals surface area contributed by atoms with Crippen LogP contribution in [-0.2, 0) is 0 Å². The normalized spacial score (nSPS) is 11.2. The van der Waals surface area contributed by atoms with E-state index in [1.807, 2.05) is 64.1 Å². The fourth-order valence-electron chi connectivity index (χ4n) is 5.09. The number of nitrogens with one attached hydrogen (secondary N) is 3. The zero-order chi connectivity index (χ0) is 33.7. The molecule has 0 aliphatic carbocycles. The lowest BCUT2D eigenvalue weighted by Gasteiger charge is -2.30. The van der Waals surface area contributed by atoms with Crippen molar-refractivity contribution in [2.75, 3.05) is 16.0 Å². The molecule has 3 N–H and O–H groups in total. The van der Waals surface area contributed by atoms with E-state index in [0.717, 1.165) is 15.6 Å². The number of fused-ring (bicyclic) bond motifs is 1. The average Bonchev–Trinajstić information content (AvgIpc) is 3.03. The van der Waals surface area contributed by atoms with E-state index >= 15 is 0 Å². The summed E-state index contributed by atoms with van der Waals surface area (Å²) in [4.78, 5) is 41.5. The molecule has 3 aromatic carbocycles. The van der Waals surface area contributed by atoms with E-state index in [1.54, 1.807) is 47.4 Å². The molecule has 10 nitrogen and oxygen atoms in total. The number of nitrogens with zero attached hydrogens (tertiary/aromatic N) is 4. The second-order valence-electron chi connectivity index (χ2n) is 11.9. The number of urea groups is 1. The molecular formula is C36H38BrN7O3. The van der Waals surface area contributed by atoms with Crippen LogP contribution in [0.3, 0.4) is 0 Å². The van der Waals surface area contributed by atoms with Crippen molar-refractivity contribution in [3.8, 4) is 11.5 Å². The van der Waals surface area contributed by atoms with Crippen LogP contribution in [0.4, 0.5) is 27.7 Å². The van der Waals surface area contributed by atoms with Gasteiger partial charge in [-0.3, -0.25) is 4.79 Å². The van der Waals surface area contributed by atoms with Gasteiger partial charge in [0.2, 0.25) is 0 Å². The number of rotatable bonds is 10. The highest BCUT2D eigenvalue weighted by molar-refractivity contribution is 9.10. The molecule has 0 saturated heterocycles. The van der Waals surface area contributed by atoms with Gasteiger partial charge >= 0.3 is 6.03 Å². The fraction of sp³-hybridized carbons (Fsp3) is 0.250. The lowest BCUT2D eigenvalue weighted by Crippen LogP contribution is -2.44. The van der Waals surface area contributed by atoms with Crippen LogP contribution < -0.4 is 20.7 Å². The molecule has 47 heavy (non-hydrogen) atoms. The number of ether oxygens (including phenoxy) is 1. The van der Waals surface area contributed by atoms with E-state index in [4.69, 9.17) is 9.72 Å². The first kappa shape index (κ1) is 33.3. The van der Waals surface area contributed by atoms with Crippen LogP contribution in [0.15, 0.2) is 89.7 Å². The number of carbonyl (C=O) groups is 2. The third kappa shape index (κ3) is 8.23. The van der Waals surface area contributed by atoms with Gasteiger partial charge in [0.15, 0.2) is 11.4 Å². The largest absolute Gasteiger partial charge is 0.455 e. The fourth-order valence-corrected chi connectivity index (χ4v) is 5.35. The lowest BCUT2D eigenvalue weighted by molar-refractivity contribution is 0.102. The molecule has 2 heterocycles. The topological polar surface area (TPSA) is 121 Å². The first-order valence-corrected chi connectivity index (χ1v) is 16.2. The quantitative estimate of drug-likeness (QED) is 0.133. The maximum Gasteiger partial charge on any atom is 0.322 e. The summed E-state index contributed by atoms with van der Waals surface area (Å²) in [7, 11) is 0. The number of hydrogen-bond donors (Lipinski definition) is 3. The predicted octanol–water partition coefficient (Wildman–Crippen LogP) is 9.35. The molecule has 0 saturated carbocycles. The van der Waals surface area contributed by atoms with E-state index in [-0.39, 0.29) is 29.9 Å². The number of amides is 3. The van der Waals surface area contributed by atoms with Gasteiger partial charge in [-0.05, 0) is 112 Å². The summed E-state index contributed by atoms with van der Waals surface area (Å²) >= 11 is 3.42. The minimum absolute atomic E-state index is 0.0588. The minimum Gasteiger partial charge on any atom is -0.455 e. The van der Waals surface area contributed by atoms with Gasteiger partial charge in [0, 0.05) is 39.2 Å². The van der Waals surface area contributed by atoms with Crippen LogP contribution in [0, 0.1) is 0 Å². The van der Waals surface area contributed by atoms with E-state index in [0.29, 0.717) is 45.6 Å². The standard InChI is InChI=1S/C36H38BrN7O3/c1-21(2)30-17-16-29-33(42-30)38-20-39-34(29)43-31-19-24(35(45)40-26-10-8-25(37)9-11-26)7-18-32(31)47-28-14-12-27(13-15-28)41-36(46)44(22(3)4)23(5)6/h7-23H,1-6H3,(H,40,45)(H,41,46)(H,38,39,42,43). The Morgan fingerprint density at radius 1 is 0.787 bits per heavy atom. The van der Waals surface area contributed by atoms with Crippen molar-refractivity contribution in [3.05, 3.63) is 101 Å². The number of anilines is 4. The Kier molecular flexibility index (Phi) is 10.4. The Morgan fingerprint density at radius 3 is 2.11 bits per heavy atom. The minimum atomic E-state index is -0.283. The predicted molar refractivity (Wildman–Crippen MR) is 191 cm³/mol. The van der Waals surface area contributed by atoms with Gasteiger partial charge in [-0.2, -0.15) is 0 Å². The lowest BCUT2D eigenvalue weighted by atomic mass is 10.1. The third-order valence-electron chi connectivity index (χ3n) is 7.39. The smallest absolute Gasteiger partial charge is 0.322 e. The summed E-state index contributed by atoms with van der Waals surface area (Å²) in [6.07, 6.45) is 1.46. The average molecular weight is 697 g/mol. The summed E-state index contributed by atoms with van der Waals surface area (Å²) in [6, 6.07) is 23.5. The maximum atomic E-state index is 13.3. The van der Waals surface area contributed by atoms with E-state index in [1.165, 1.54) is 6.33 Å². The molecule has 2 aromatic heterocycles. The van der Waals surface area contributed by atoms with E-state index in [9.17, 15) is 9.59 Å². The van der Waals surface area contributed by atoms with Crippen molar-refractivity contribution in [1.29, 1.82) is 0 Å². The second kappa shape index (κ2) is 14.6.